The second-order valence-corrected chi connectivity index (χ2v) is 7.04. The molecule has 22 heavy (non-hydrogen) atoms. The van der Waals surface area contributed by atoms with E-state index < -0.39 is 0 Å². The molecule has 1 heterocycles. The van der Waals surface area contributed by atoms with E-state index in [2.05, 4.69) is 11.0 Å². The normalized spacial score (nSPS) is 17.5. The van der Waals surface area contributed by atoms with Gasteiger partial charge in [0.2, 0.25) is 5.91 Å². The predicted octanol–water partition coefficient (Wildman–Crippen LogP) is 2.06. The van der Waals surface area contributed by atoms with Crippen LogP contribution in [0.25, 0.3) is 0 Å². The number of rotatable bonds is 6. The van der Waals surface area contributed by atoms with E-state index in [1.807, 2.05) is 29.4 Å². The summed E-state index contributed by atoms with van der Waals surface area (Å²) in [6.07, 6.45) is 2.79. The Labute approximate surface area is 142 Å². The fraction of sp³-hybridized carbons (Fsp3) is 0.562. The zero-order valence-corrected chi connectivity index (χ0v) is 14.6. The number of hydrogen-bond acceptors (Lipinski definition) is 4. The number of thioether (sulfide) groups is 1. The van der Waals surface area contributed by atoms with Crippen LogP contribution in [0.2, 0.25) is 5.02 Å². The minimum Gasteiger partial charge on any atom is -0.339 e. The molecule has 0 spiro atoms. The SMILES string of the molecule is CSCCC(N)C(=O)N1CCN(Cc2cccc(Cl)c2)CC1. The van der Waals surface area contributed by atoms with Gasteiger partial charge in [-0.15, -0.1) is 0 Å². The van der Waals surface area contributed by atoms with Crippen LogP contribution in [-0.2, 0) is 11.3 Å². The molecule has 0 aromatic heterocycles. The van der Waals surface area contributed by atoms with Crippen molar-refractivity contribution in [3.05, 3.63) is 34.9 Å². The van der Waals surface area contributed by atoms with Gasteiger partial charge in [-0.3, -0.25) is 9.69 Å². The maximum absolute atomic E-state index is 12.3. The maximum Gasteiger partial charge on any atom is 0.239 e. The number of amides is 1. The Balaban J connectivity index is 1.79. The zero-order chi connectivity index (χ0) is 15.9. The van der Waals surface area contributed by atoms with E-state index in [0.29, 0.717) is 0 Å². The van der Waals surface area contributed by atoms with E-state index in [-0.39, 0.29) is 11.9 Å². The Kier molecular flexibility index (Phi) is 7.02. The highest BCUT2D eigenvalue weighted by molar-refractivity contribution is 7.98. The molecular formula is C16H24ClN3OS. The summed E-state index contributed by atoms with van der Waals surface area (Å²) < 4.78 is 0. The third-order valence-corrected chi connectivity index (χ3v) is 4.81. The molecule has 1 amide bonds. The molecule has 122 valence electrons. The first kappa shape index (κ1) is 17.6. The molecule has 1 aromatic rings. The van der Waals surface area contributed by atoms with Crippen molar-refractivity contribution in [3.8, 4) is 0 Å². The molecule has 1 atom stereocenters. The summed E-state index contributed by atoms with van der Waals surface area (Å²) in [5, 5.41) is 0.770. The molecule has 1 aromatic carbocycles. The number of halogens is 1. The van der Waals surface area contributed by atoms with Crippen molar-refractivity contribution >= 4 is 29.3 Å². The summed E-state index contributed by atoms with van der Waals surface area (Å²) >= 11 is 7.74. The van der Waals surface area contributed by atoms with Crippen molar-refractivity contribution in [1.82, 2.24) is 9.80 Å². The van der Waals surface area contributed by atoms with Gasteiger partial charge in [0.15, 0.2) is 0 Å². The van der Waals surface area contributed by atoms with Gasteiger partial charge in [0, 0.05) is 37.7 Å². The van der Waals surface area contributed by atoms with Crippen LogP contribution >= 0.6 is 23.4 Å². The molecule has 0 radical (unpaired) electrons. The van der Waals surface area contributed by atoms with Crippen LogP contribution in [0.15, 0.2) is 24.3 Å². The Bertz CT molecular complexity index is 492. The number of nitrogens with two attached hydrogens (primary N) is 1. The van der Waals surface area contributed by atoms with Crippen molar-refractivity contribution in [2.45, 2.75) is 19.0 Å². The molecule has 0 aliphatic carbocycles. The third-order valence-electron chi connectivity index (χ3n) is 3.93. The molecule has 0 saturated carbocycles. The number of piperazine rings is 1. The number of hydrogen-bond donors (Lipinski definition) is 1. The van der Waals surface area contributed by atoms with E-state index in [0.717, 1.165) is 49.9 Å². The van der Waals surface area contributed by atoms with Crippen LogP contribution in [0, 0.1) is 0 Å². The van der Waals surface area contributed by atoms with Gasteiger partial charge in [0.1, 0.15) is 0 Å². The van der Waals surface area contributed by atoms with Gasteiger partial charge < -0.3 is 10.6 Å². The standard InChI is InChI=1S/C16H24ClN3OS/c1-22-10-5-15(18)16(21)20-8-6-19(7-9-20)12-13-3-2-4-14(17)11-13/h2-4,11,15H,5-10,12,18H2,1H3. The van der Waals surface area contributed by atoms with Gasteiger partial charge >= 0.3 is 0 Å². The summed E-state index contributed by atoms with van der Waals surface area (Å²) in [5.74, 6) is 1.03. The molecule has 6 heteroatoms. The van der Waals surface area contributed by atoms with Crippen molar-refractivity contribution in [2.75, 3.05) is 38.2 Å². The topological polar surface area (TPSA) is 49.6 Å². The molecule has 4 nitrogen and oxygen atoms in total. The number of carbonyl (C=O) groups is 1. The molecule has 1 saturated heterocycles. The van der Waals surface area contributed by atoms with Gasteiger partial charge in [0.25, 0.3) is 0 Å². The highest BCUT2D eigenvalue weighted by Gasteiger charge is 2.24. The summed E-state index contributed by atoms with van der Waals surface area (Å²) in [7, 11) is 0. The summed E-state index contributed by atoms with van der Waals surface area (Å²) in [6, 6.07) is 7.59. The largest absolute Gasteiger partial charge is 0.339 e. The second-order valence-electron chi connectivity index (χ2n) is 5.62. The Morgan fingerprint density at radius 3 is 2.73 bits per heavy atom. The fourth-order valence-electron chi connectivity index (χ4n) is 2.62. The van der Waals surface area contributed by atoms with Crippen LogP contribution in [0.3, 0.4) is 0 Å². The van der Waals surface area contributed by atoms with Crippen LogP contribution in [0.4, 0.5) is 0 Å². The van der Waals surface area contributed by atoms with E-state index in [1.165, 1.54) is 5.56 Å². The molecule has 1 aliphatic rings. The second kappa shape index (κ2) is 8.77. The van der Waals surface area contributed by atoms with Crippen LogP contribution in [-0.4, -0.2) is 59.9 Å². The van der Waals surface area contributed by atoms with Crippen molar-refractivity contribution < 1.29 is 4.79 Å². The lowest BCUT2D eigenvalue weighted by atomic mass is 10.1. The summed E-state index contributed by atoms with van der Waals surface area (Å²) in [6.45, 7) is 4.15. The van der Waals surface area contributed by atoms with E-state index in [4.69, 9.17) is 17.3 Å². The zero-order valence-electron chi connectivity index (χ0n) is 13.0. The quantitative estimate of drug-likeness (QED) is 0.860. The lowest BCUT2D eigenvalue weighted by Crippen LogP contribution is -2.53. The lowest BCUT2D eigenvalue weighted by molar-refractivity contribution is -0.134. The van der Waals surface area contributed by atoms with Crippen molar-refractivity contribution in [1.29, 1.82) is 0 Å². The minimum absolute atomic E-state index is 0.0939. The molecule has 1 fully saturated rings. The lowest BCUT2D eigenvalue weighted by Gasteiger charge is -2.36. The van der Waals surface area contributed by atoms with Crippen molar-refractivity contribution in [3.63, 3.8) is 0 Å². The van der Waals surface area contributed by atoms with Gasteiger partial charge in [-0.25, -0.2) is 0 Å². The molecule has 1 unspecified atom stereocenters. The van der Waals surface area contributed by atoms with Crippen LogP contribution in [0.1, 0.15) is 12.0 Å². The minimum atomic E-state index is -0.355. The van der Waals surface area contributed by atoms with Crippen LogP contribution in [0.5, 0.6) is 0 Å². The summed E-state index contributed by atoms with van der Waals surface area (Å²) in [4.78, 5) is 16.5. The number of carbonyl (C=O) groups excluding carboxylic acids is 1. The van der Waals surface area contributed by atoms with Gasteiger partial charge in [-0.05, 0) is 36.1 Å². The average molecular weight is 342 g/mol. The van der Waals surface area contributed by atoms with E-state index >= 15 is 0 Å². The Morgan fingerprint density at radius 2 is 2.09 bits per heavy atom. The van der Waals surface area contributed by atoms with Crippen molar-refractivity contribution in [2.24, 2.45) is 5.73 Å². The smallest absolute Gasteiger partial charge is 0.239 e. The summed E-state index contributed by atoms with van der Waals surface area (Å²) in [5.41, 5.74) is 7.19. The third kappa shape index (κ3) is 5.16. The predicted molar refractivity (Wildman–Crippen MR) is 94.3 cm³/mol. The fourth-order valence-corrected chi connectivity index (χ4v) is 3.33. The highest BCUT2D eigenvalue weighted by Crippen LogP contribution is 2.14. The molecule has 2 N–H and O–H groups in total. The highest BCUT2D eigenvalue weighted by atomic mass is 35.5. The van der Waals surface area contributed by atoms with E-state index in [1.54, 1.807) is 11.8 Å². The number of benzene rings is 1. The monoisotopic (exact) mass is 341 g/mol. The molecule has 1 aliphatic heterocycles. The average Bonchev–Trinajstić information content (AvgIpc) is 2.52. The first-order valence-corrected chi connectivity index (χ1v) is 9.37. The Morgan fingerprint density at radius 1 is 1.36 bits per heavy atom. The van der Waals surface area contributed by atoms with E-state index in [9.17, 15) is 4.79 Å². The van der Waals surface area contributed by atoms with Gasteiger partial charge in [-0.1, -0.05) is 23.7 Å². The van der Waals surface area contributed by atoms with Crippen LogP contribution < -0.4 is 5.73 Å². The molecule has 2 rings (SSSR count). The first-order valence-electron chi connectivity index (χ1n) is 7.60. The number of nitrogens with zero attached hydrogens (tertiary/aromatic N) is 2. The Hall–Kier alpha value is -0.750. The first-order chi connectivity index (χ1) is 10.6. The maximum atomic E-state index is 12.3. The van der Waals surface area contributed by atoms with Gasteiger partial charge in [-0.2, -0.15) is 11.8 Å². The van der Waals surface area contributed by atoms with Gasteiger partial charge in [0.05, 0.1) is 6.04 Å². The molecule has 0 bridgehead atoms. The molecular weight excluding hydrogens is 318 g/mol.